The van der Waals surface area contributed by atoms with Crippen LogP contribution in [-0.4, -0.2) is 57.6 Å². The Morgan fingerprint density at radius 2 is 1.88 bits per heavy atom. The van der Waals surface area contributed by atoms with E-state index in [0.717, 1.165) is 34.5 Å². The van der Waals surface area contributed by atoms with Crippen LogP contribution in [0.4, 0.5) is 0 Å². The molecule has 1 aliphatic carbocycles. The monoisotopic (exact) mass is 484 g/mol. The highest BCUT2D eigenvalue weighted by Gasteiger charge is 2.45. The van der Waals surface area contributed by atoms with Gasteiger partial charge in [0, 0.05) is 19.0 Å². The standard InChI is InChI=1S/C26H36N4O3S/c1-15(17-6-8-18(9-7-17)22-16(2)27-14-34-22)28-24(32)21-12-20(31)13-30(21)25(33)23(26(3,4)5)29-19-10-11-19/h6-9,14-15,19-21,23,29,31H,10-13H2,1-5H3,(H,28,32)/t15-,20+,21-,23-/m0/s1. The summed E-state index contributed by atoms with van der Waals surface area (Å²) in [4.78, 5) is 33.8. The first kappa shape index (κ1) is 24.8. The zero-order valence-electron chi connectivity index (χ0n) is 20.7. The van der Waals surface area contributed by atoms with E-state index < -0.39 is 12.1 Å². The Balaban J connectivity index is 1.44. The van der Waals surface area contributed by atoms with E-state index in [1.54, 1.807) is 16.2 Å². The molecule has 2 aromatic rings. The summed E-state index contributed by atoms with van der Waals surface area (Å²) in [7, 11) is 0. The Morgan fingerprint density at radius 3 is 2.44 bits per heavy atom. The van der Waals surface area contributed by atoms with Crippen molar-refractivity contribution in [3.63, 3.8) is 0 Å². The Bertz CT molecular complexity index is 1030. The molecule has 34 heavy (non-hydrogen) atoms. The third-order valence-electron chi connectivity index (χ3n) is 6.73. The van der Waals surface area contributed by atoms with Gasteiger partial charge in [-0.3, -0.25) is 9.59 Å². The number of likely N-dealkylation sites (tertiary alicyclic amines) is 1. The van der Waals surface area contributed by atoms with Crippen molar-refractivity contribution in [2.75, 3.05) is 6.54 Å². The summed E-state index contributed by atoms with van der Waals surface area (Å²) in [6.45, 7) is 10.2. The molecule has 2 heterocycles. The molecule has 0 radical (unpaired) electrons. The van der Waals surface area contributed by atoms with Crippen LogP contribution in [-0.2, 0) is 9.59 Å². The number of aliphatic hydroxyl groups is 1. The molecular formula is C26H36N4O3S. The molecule has 0 bridgehead atoms. The molecule has 1 saturated heterocycles. The quantitative estimate of drug-likeness (QED) is 0.560. The van der Waals surface area contributed by atoms with Crippen LogP contribution in [0.15, 0.2) is 29.8 Å². The molecule has 184 valence electrons. The molecule has 2 fully saturated rings. The topological polar surface area (TPSA) is 94.6 Å². The van der Waals surface area contributed by atoms with Gasteiger partial charge in [-0.2, -0.15) is 0 Å². The lowest BCUT2D eigenvalue weighted by Crippen LogP contribution is -2.57. The number of aliphatic hydroxyl groups excluding tert-OH is 1. The second-order valence-electron chi connectivity index (χ2n) is 10.8. The fourth-order valence-corrected chi connectivity index (χ4v) is 5.36. The Labute approximate surface area is 206 Å². The molecule has 4 rings (SSSR count). The van der Waals surface area contributed by atoms with E-state index in [4.69, 9.17) is 0 Å². The number of rotatable bonds is 7. The number of aryl methyl sites for hydroxylation is 1. The Morgan fingerprint density at radius 1 is 1.21 bits per heavy atom. The van der Waals surface area contributed by atoms with Crippen molar-refractivity contribution in [1.82, 2.24) is 20.5 Å². The van der Waals surface area contributed by atoms with Crippen molar-refractivity contribution in [2.24, 2.45) is 5.41 Å². The average Bonchev–Trinajstić information content (AvgIpc) is 3.37. The third-order valence-corrected chi connectivity index (χ3v) is 7.71. The van der Waals surface area contributed by atoms with Crippen LogP contribution in [0.25, 0.3) is 10.4 Å². The van der Waals surface area contributed by atoms with Gasteiger partial charge in [0.2, 0.25) is 11.8 Å². The molecule has 0 unspecified atom stereocenters. The number of thiazole rings is 1. The second-order valence-corrected chi connectivity index (χ2v) is 11.6. The molecule has 8 heteroatoms. The maximum atomic E-state index is 13.5. The van der Waals surface area contributed by atoms with E-state index in [9.17, 15) is 14.7 Å². The van der Waals surface area contributed by atoms with Crippen LogP contribution >= 0.6 is 11.3 Å². The number of hydrogen-bond acceptors (Lipinski definition) is 6. The van der Waals surface area contributed by atoms with Gasteiger partial charge in [-0.25, -0.2) is 4.98 Å². The van der Waals surface area contributed by atoms with Crippen molar-refractivity contribution in [2.45, 2.75) is 84.2 Å². The zero-order valence-corrected chi connectivity index (χ0v) is 21.5. The molecule has 2 aliphatic rings. The van der Waals surface area contributed by atoms with E-state index >= 15 is 0 Å². The maximum Gasteiger partial charge on any atom is 0.243 e. The van der Waals surface area contributed by atoms with E-state index in [2.05, 4.69) is 15.6 Å². The van der Waals surface area contributed by atoms with Gasteiger partial charge in [0.25, 0.3) is 0 Å². The number of carbonyl (C=O) groups is 2. The number of hydrogen-bond donors (Lipinski definition) is 3. The first-order valence-corrected chi connectivity index (χ1v) is 13.0. The van der Waals surface area contributed by atoms with Crippen molar-refractivity contribution < 1.29 is 14.7 Å². The van der Waals surface area contributed by atoms with Crippen molar-refractivity contribution in [3.05, 3.63) is 41.0 Å². The number of benzene rings is 1. The molecule has 1 aromatic carbocycles. The lowest BCUT2D eigenvalue weighted by Gasteiger charge is -2.35. The first-order valence-electron chi connectivity index (χ1n) is 12.1. The van der Waals surface area contributed by atoms with E-state index in [1.807, 2.05) is 64.4 Å². The molecule has 0 spiro atoms. The van der Waals surface area contributed by atoms with Gasteiger partial charge >= 0.3 is 0 Å². The molecule has 1 aromatic heterocycles. The highest BCUT2D eigenvalue weighted by atomic mass is 32.1. The number of carbonyl (C=O) groups excluding carboxylic acids is 2. The van der Waals surface area contributed by atoms with Gasteiger partial charge in [-0.1, -0.05) is 45.0 Å². The summed E-state index contributed by atoms with van der Waals surface area (Å²) in [5, 5.41) is 16.9. The minimum Gasteiger partial charge on any atom is -0.391 e. The lowest BCUT2D eigenvalue weighted by atomic mass is 9.85. The molecule has 1 saturated carbocycles. The van der Waals surface area contributed by atoms with Gasteiger partial charge < -0.3 is 20.6 Å². The first-order chi connectivity index (χ1) is 16.0. The minimum atomic E-state index is -0.696. The molecule has 1 aliphatic heterocycles. The number of amides is 2. The minimum absolute atomic E-state index is 0.104. The van der Waals surface area contributed by atoms with Crippen LogP contribution in [0, 0.1) is 12.3 Å². The second kappa shape index (κ2) is 9.76. The van der Waals surface area contributed by atoms with Gasteiger partial charge in [-0.15, -0.1) is 11.3 Å². The molecule has 3 N–H and O–H groups in total. The Hall–Kier alpha value is -2.29. The SMILES string of the molecule is Cc1ncsc1-c1ccc([C@H](C)NC(=O)[C@@H]2C[C@@H](O)CN2C(=O)[C@H](NC2CC2)C(C)(C)C)cc1. The van der Waals surface area contributed by atoms with Crippen LogP contribution in [0.3, 0.4) is 0 Å². The lowest BCUT2D eigenvalue weighted by molar-refractivity contribution is -0.142. The highest BCUT2D eigenvalue weighted by molar-refractivity contribution is 7.13. The number of β-amino-alcohol motifs (C(OH)–C–C–N with tert-alkyl or cyclic N) is 1. The van der Waals surface area contributed by atoms with Crippen LogP contribution in [0.2, 0.25) is 0 Å². The summed E-state index contributed by atoms with van der Waals surface area (Å²) in [5.41, 5.74) is 4.65. The fraction of sp³-hybridized carbons (Fsp3) is 0.577. The normalized spacial score (nSPS) is 22.5. The van der Waals surface area contributed by atoms with Crippen LogP contribution in [0.5, 0.6) is 0 Å². The third kappa shape index (κ3) is 5.50. The smallest absolute Gasteiger partial charge is 0.243 e. The van der Waals surface area contributed by atoms with Crippen LogP contribution < -0.4 is 10.6 Å². The van der Waals surface area contributed by atoms with Crippen molar-refractivity contribution in [3.8, 4) is 10.4 Å². The van der Waals surface area contributed by atoms with Gasteiger partial charge in [0.1, 0.15) is 6.04 Å². The molecule has 2 amide bonds. The average molecular weight is 485 g/mol. The fourth-order valence-electron chi connectivity index (χ4n) is 4.54. The molecular weight excluding hydrogens is 448 g/mol. The summed E-state index contributed by atoms with van der Waals surface area (Å²) < 4.78 is 0. The largest absolute Gasteiger partial charge is 0.391 e. The summed E-state index contributed by atoms with van der Waals surface area (Å²) in [6, 6.07) is 7.21. The maximum absolute atomic E-state index is 13.5. The number of aromatic nitrogens is 1. The van der Waals surface area contributed by atoms with E-state index in [0.29, 0.717) is 6.04 Å². The molecule has 7 nitrogen and oxygen atoms in total. The Kier molecular flexibility index (Phi) is 7.12. The van der Waals surface area contributed by atoms with E-state index in [1.165, 1.54) is 0 Å². The number of nitrogens with one attached hydrogen (secondary N) is 2. The van der Waals surface area contributed by atoms with Crippen molar-refractivity contribution >= 4 is 23.2 Å². The van der Waals surface area contributed by atoms with Gasteiger partial charge in [-0.05, 0) is 43.2 Å². The summed E-state index contributed by atoms with van der Waals surface area (Å²) in [6.07, 6.45) is 1.71. The van der Waals surface area contributed by atoms with Crippen LogP contribution in [0.1, 0.15) is 64.3 Å². The van der Waals surface area contributed by atoms with E-state index in [-0.39, 0.29) is 42.3 Å². The highest BCUT2D eigenvalue weighted by Crippen LogP contribution is 2.31. The van der Waals surface area contributed by atoms with Gasteiger partial charge in [0.15, 0.2) is 0 Å². The van der Waals surface area contributed by atoms with Crippen molar-refractivity contribution in [1.29, 1.82) is 0 Å². The summed E-state index contributed by atoms with van der Waals surface area (Å²) in [5.74, 6) is -0.327. The number of nitrogens with zero attached hydrogens (tertiary/aromatic N) is 2. The predicted molar refractivity (Wildman–Crippen MR) is 134 cm³/mol. The molecule has 4 atom stereocenters. The predicted octanol–water partition coefficient (Wildman–Crippen LogP) is 3.42. The zero-order chi connectivity index (χ0) is 24.6. The summed E-state index contributed by atoms with van der Waals surface area (Å²) >= 11 is 1.61. The van der Waals surface area contributed by atoms with Gasteiger partial charge in [0.05, 0.1) is 34.3 Å².